The zero-order chi connectivity index (χ0) is 18.3. The standard InChI is InChI=1S/C20H27N5O/c1-15(2)25-13-17-18(22-25)20(14-23(3)19(17)26)7-10-24(11-8-20)12-16-6-4-5-9-21-16/h4-6,9,13,15H,7-8,10-12,14H2,1-3H3. The number of amides is 1. The van der Waals surface area contributed by atoms with Crippen molar-refractivity contribution in [1.82, 2.24) is 24.6 Å². The van der Waals surface area contributed by atoms with Gasteiger partial charge in [0, 0.05) is 44.0 Å². The highest BCUT2D eigenvalue weighted by atomic mass is 16.2. The van der Waals surface area contributed by atoms with Gasteiger partial charge in [-0.05, 0) is 51.9 Å². The first kappa shape index (κ1) is 17.2. The van der Waals surface area contributed by atoms with E-state index in [9.17, 15) is 4.79 Å². The number of pyridine rings is 1. The van der Waals surface area contributed by atoms with Gasteiger partial charge in [0.05, 0.1) is 17.0 Å². The Balaban J connectivity index is 1.56. The van der Waals surface area contributed by atoms with E-state index in [2.05, 4.69) is 29.8 Å². The van der Waals surface area contributed by atoms with Gasteiger partial charge >= 0.3 is 0 Å². The molecule has 0 atom stereocenters. The van der Waals surface area contributed by atoms with E-state index < -0.39 is 0 Å². The van der Waals surface area contributed by atoms with Crippen LogP contribution in [0.15, 0.2) is 30.6 Å². The molecular formula is C20H27N5O. The van der Waals surface area contributed by atoms with Crippen LogP contribution in [0, 0.1) is 0 Å². The Morgan fingerprint density at radius 1 is 1.23 bits per heavy atom. The third-order valence-corrected chi connectivity index (χ3v) is 5.81. The van der Waals surface area contributed by atoms with Gasteiger partial charge in [-0.2, -0.15) is 5.10 Å². The molecule has 6 nitrogen and oxygen atoms in total. The number of likely N-dealkylation sites (tertiary alicyclic amines) is 1. The molecule has 6 heteroatoms. The van der Waals surface area contributed by atoms with Gasteiger partial charge in [0.2, 0.25) is 0 Å². The highest BCUT2D eigenvalue weighted by Crippen LogP contribution is 2.41. The lowest BCUT2D eigenvalue weighted by atomic mass is 9.72. The predicted molar refractivity (Wildman–Crippen MR) is 100.0 cm³/mol. The van der Waals surface area contributed by atoms with E-state index in [0.717, 1.165) is 56.0 Å². The van der Waals surface area contributed by atoms with Crippen LogP contribution in [-0.4, -0.2) is 57.2 Å². The molecule has 1 saturated heterocycles. The normalized spacial score (nSPS) is 20.0. The van der Waals surface area contributed by atoms with Crippen molar-refractivity contribution in [1.29, 1.82) is 0 Å². The van der Waals surface area contributed by atoms with Crippen molar-refractivity contribution in [2.24, 2.45) is 0 Å². The number of carbonyl (C=O) groups excluding carboxylic acids is 1. The zero-order valence-corrected chi connectivity index (χ0v) is 15.9. The number of hydrogen-bond donors (Lipinski definition) is 0. The quantitative estimate of drug-likeness (QED) is 0.851. The number of likely N-dealkylation sites (N-methyl/N-ethyl adjacent to an activating group) is 1. The van der Waals surface area contributed by atoms with Gasteiger partial charge in [-0.25, -0.2) is 0 Å². The molecule has 2 aliphatic heterocycles. The molecule has 2 aromatic rings. The van der Waals surface area contributed by atoms with Gasteiger partial charge in [0.1, 0.15) is 0 Å². The molecule has 0 radical (unpaired) electrons. The minimum absolute atomic E-state index is 0.0151. The van der Waals surface area contributed by atoms with Crippen LogP contribution in [0.2, 0.25) is 0 Å². The summed E-state index contributed by atoms with van der Waals surface area (Å²) in [6, 6.07) is 6.34. The zero-order valence-electron chi connectivity index (χ0n) is 15.9. The van der Waals surface area contributed by atoms with Gasteiger partial charge < -0.3 is 4.90 Å². The fourth-order valence-corrected chi connectivity index (χ4v) is 4.27. The van der Waals surface area contributed by atoms with Crippen molar-refractivity contribution in [3.05, 3.63) is 47.5 Å². The highest BCUT2D eigenvalue weighted by molar-refractivity contribution is 5.96. The monoisotopic (exact) mass is 353 g/mol. The number of hydrogen-bond acceptors (Lipinski definition) is 4. The minimum atomic E-state index is -0.0151. The van der Waals surface area contributed by atoms with Crippen LogP contribution in [0.4, 0.5) is 0 Å². The van der Waals surface area contributed by atoms with Crippen molar-refractivity contribution in [2.45, 2.75) is 44.7 Å². The Morgan fingerprint density at radius 3 is 2.65 bits per heavy atom. The molecule has 138 valence electrons. The van der Waals surface area contributed by atoms with E-state index in [4.69, 9.17) is 5.10 Å². The van der Waals surface area contributed by atoms with Gasteiger partial charge in [-0.15, -0.1) is 0 Å². The predicted octanol–water partition coefficient (Wildman–Crippen LogP) is 2.48. The van der Waals surface area contributed by atoms with E-state index in [-0.39, 0.29) is 17.4 Å². The van der Waals surface area contributed by atoms with Crippen molar-refractivity contribution < 1.29 is 4.79 Å². The second-order valence-corrected chi connectivity index (χ2v) is 8.00. The Morgan fingerprint density at radius 2 is 2.00 bits per heavy atom. The third-order valence-electron chi connectivity index (χ3n) is 5.81. The smallest absolute Gasteiger partial charge is 0.257 e. The van der Waals surface area contributed by atoms with Crippen LogP contribution in [0.3, 0.4) is 0 Å². The van der Waals surface area contributed by atoms with E-state index in [0.29, 0.717) is 0 Å². The Bertz CT molecular complexity index is 790. The largest absolute Gasteiger partial charge is 0.341 e. The lowest BCUT2D eigenvalue weighted by molar-refractivity contribution is 0.0627. The third kappa shape index (κ3) is 2.92. The molecular weight excluding hydrogens is 326 g/mol. The van der Waals surface area contributed by atoms with E-state index in [1.54, 1.807) is 0 Å². The summed E-state index contributed by atoms with van der Waals surface area (Å²) in [4.78, 5) is 21.4. The topological polar surface area (TPSA) is 54.3 Å². The maximum absolute atomic E-state index is 12.6. The maximum Gasteiger partial charge on any atom is 0.257 e. The molecule has 1 amide bonds. The lowest BCUT2D eigenvalue weighted by Crippen LogP contribution is -2.53. The molecule has 4 heterocycles. The number of carbonyl (C=O) groups is 1. The Labute approximate surface area is 154 Å². The first-order valence-corrected chi connectivity index (χ1v) is 9.46. The molecule has 1 fully saturated rings. The molecule has 1 spiro atoms. The maximum atomic E-state index is 12.6. The number of rotatable bonds is 3. The first-order valence-electron chi connectivity index (χ1n) is 9.46. The van der Waals surface area contributed by atoms with Gasteiger partial charge in [-0.3, -0.25) is 19.4 Å². The molecule has 26 heavy (non-hydrogen) atoms. The summed E-state index contributed by atoms with van der Waals surface area (Å²) in [5, 5.41) is 4.86. The SMILES string of the molecule is CC(C)n1cc2c(n1)C1(CCN(Cc3ccccn3)CC1)CN(C)C2=O. The summed E-state index contributed by atoms with van der Waals surface area (Å²) in [7, 11) is 1.92. The molecule has 0 bridgehead atoms. The van der Waals surface area contributed by atoms with Crippen LogP contribution in [0.5, 0.6) is 0 Å². The number of fused-ring (bicyclic) bond motifs is 2. The van der Waals surface area contributed by atoms with Crippen LogP contribution >= 0.6 is 0 Å². The Kier molecular flexibility index (Phi) is 4.31. The van der Waals surface area contributed by atoms with Crippen LogP contribution in [0.25, 0.3) is 0 Å². The lowest BCUT2D eigenvalue weighted by Gasteiger charge is -2.45. The summed E-state index contributed by atoms with van der Waals surface area (Å²) in [6.45, 7) is 7.88. The van der Waals surface area contributed by atoms with E-state index >= 15 is 0 Å². The highest BCUT2D eigenvalue weighted by Gasteiger charge is 2.46. The average molecular weight is 353 g/mol. The van der Waals surface area contributed by atoms with Gasteiger partial charge in [0.25, 0.3) is 5.91 Å². The van der Waals surface area contributed by atoms with Crippen LogP contribution in [-0.2, 0) is 12.0 Å². The molecule has 2 aliphatic rings. The average Bonchev–Trinajstić information content (AvgIpc) is 3.10. The molecule has 2 aromatic heterocycles. The van der Waals surface area contributed by atoms with Gasteiger partial charge in [0.15, 0.2) is 0 Å². The molecule has 0 aliphatic carbocycles. The molecule has 0 unspecified atom stereocenters. The van der Waals surface area contributed by atoms with E-state index in [1.807, 2.05) is 41.2 Å². The van der Waals surface area contributed by atoms with Crippen molar-refractivity contribution in [3.8, 4) is 0 Å². The fourth-order valence-electron chi connectivity index (χ4n) is 4.27. The van der Waals surface area contributed by atoms with Crippen molar-refractivity contribution >= 4 is 5.91 Å². The van der Waals surface area contributed by atoms with E-state index in [1.165, 1.54) is 0 Å². The van der Waals surface area contributed by atoms with Crippen LogP contribution in [0.1, 0.15) is 54.5 Å². The number of aromatic nitrogens is 3. The minimum Gasteiger partial charge on any atom is -0.341 e. The summed E-state index contributed by atoms with van der Waals surface area (Å²) < 4.78 is 1.95. The van der Waals surface area contributed by atoms with Crippen molar-refractivity contribution in [2.75, 3.05) is 26.7 Å². The molecule has 0 saturated carbocycles. The molecule has 0 aromatic carbocycles. The molecule has 0 N–H and O–H groups in total. The van der Waals surface area contributed by atoms with Crippen molar-refractivity contribution in [3.63, 3.8) is 0 Å². The van der Waals surface area contributed by atoms with Crippen LogP contribution < -0.4 is 0 Å². The molecule has 4 rings (SSSR count). The summed E-state index contributed by atoms with van der Waals surface area (Å²) in [6.07, 6.45) is 5.85. The summed E-state index contributed by atoms with van der Waals surface area (Å²) >= 11 is 0. The number of piperidine rings is 1. The first-order chi connectivity index (χ1) is 12.5. The summed E-state index contributed by atoms with van der Waals surface area (Å²) in [5.74, 6) is 0.105. The second-order valence-electron chi connectivity index (χ2n) is 8.00. The second kappa shape index (κ2) is 6.50. The Hall–Kier alpha value is -2.21. The fraction of sp³-hybridized carbons (Fsp3) is 0.550. The summed E-state index contributed by atoms with van der Waals surface area (Å²) in [5.41, 5.74) is 2.92. The number of nitrogens with zero attached hydrogens (tertiary/aromatic N) is 5. The van der Waals surface area contributed by atoms with Gasteiger partial charge in [-0.1, -0.05) is 6.07 Å².